The van der Waals surface area contributed by atoms with E-state index >= 15 is 0 Å². The van der Waals surface area contributed by atoms with E-state index in [1.54, 1.807) is 0 Å². The first kappa shape index (κ1) is 12.5. The number of hydrogen-bond acceptors (Lipinski definition) is 3. The van der Waals surface area contributed by atoms with Crippen molar-refractivity contribution < 1.29 is 0 Å². The topological polar surface area (TPSA) is 54.5 Å². The monoisotopic (exact) mass is 278 g/mol. The number of H-pyrrole nitrogens is 1. The zero-order valence-electron chi connectivity index (χ0n) is 11.9. The maximum absolute atomic E-state index is 4.73. The molecule has 21 heavy (non-hydrogen) atoms. The zero-order valence-corrected chi connectivity index (χ0v) is 11.9. The molecule has 1 fully saturated rings. The first-order chi connectivity index (χ1) is 10.4. The van der Waals surface area contributed by atoms with Gasteiger partial charge in [-0.1, -0.05) is 43.5 Å². The molecule has 1 aliphatic rings. The Morgan fingerprint density at radius 3 is 2.76 bits per heavy atom. The van der Waals surface area contributed by atoms with Crippen molar-refractivity contribution >= 4 is 10.8 Å². The van der Waals surface area contributed by atoms with Crippen molar-refractivity contribution in [3.8, 4) is 11.5 Å². The molecule has 1 aliphatic carbocycles. The Kier molecular flexibility index (Phi) is 3.14. The van der Waals surface area contributed by atoms with E-state index in [9.17, 15) is 0 Å². The molecule has 1 N–H and O–H groups in total. The first-order valence-corrected chi connectivity index (χ1v) is 7.68. The Morgan fingerprint density at radius 1 is 1.00 bits per heavy atom. The van der Waals surface area contributed by atoms with Crippen molar-refractivity contribution in [2.75, 3.05) is 0 Å². The summed E-state index contributed by atoms with van der Waals surface area (Å²) in [7, 11) is 0. The van der Waals surface area contributed by atoms with Crippen LogP contribution in [0, 0.1) is 0 Å². The van der Waals surface area contributed by atoms with Gasteiger partial charge in [-0.3, -0.25) is 10.1 Å². The highest BCUT2D eigenvalue weighted by molar-refractivity contribution is 5.92. The third kappa shape index (κ3) is 2.31. The Balaban J connectivity index is 1.74. The standard InChI is InChI=1S/C17H18N4/c1-2-7-13(8-3-1)16-19-17(21-20-16)15-14-9-5-4-6-12(14)10-11-18-15/h4-6,9-11,13H,1-3,7-8H2,(H,19,20,21). The van der Waals surface area contributed by atoms with Crippen LogP contribution in [0.15, 0.2) is 36.5 Å². The number of aromatic nitrogens is 4. The van der Waals surface area contributed by atoms with Gasteiger partial charge in [0.15, 0.2) is 5.82 Å². The minimum atomic E-state index is 0.537. The van der Waals surface area contributed by atoms with Crippen LogP contribution in [0.3, 0.4) is 0 Å². The van der Waals surface area contributed by atoms with Crippen molar-refractivity contribution in [3.63, 3.8) is 0 Å². The highest BCUT2D eigenvalue weighted by Crippen LogP contribution is 2.32. The average Bonchev–Trinajstić information content (AvgIpc) is 3.05. The fraction of sp³-hybridized carbons (Fsp3) is 0.353. The van der Waals surface area contributed by atoms with Crippen LogP contribution in [0.4, 0.5) is 0 Å². The van der Waals surface area contributed by atoms with E-state index in [1.165, 1.54) is 37.5 Å². The molecule has 4 rings (SSSR count). The van der Waals surface area contributed by atoms with Gasteiger partial charge in [0.25, 0.3) is 0 Å². The van der Waals surface area contributed by atoms with Gasteiger partial charge in [0, 0.05) is 17.5 Å². The Hall–Kier alpha value is -2.23. The van der Waals surface area contributed by atoms with Crippen molar-refractivity contribution in [1.82, 2.24) is 20.2 Å². The lowest BCUT2D eigenvalue weighted by atomic mass is 9.89. The van der Waals surface area contributed by atoms with E-state index in [0.717, 1.165) is 16.9 Å². The summed E-state index contributed by atoms with van der Waals surface area (Å²) in [5, 5.41) is 9.83. The van der Waals surface area contributed by atoms with E-state index in [-0.39, 0.29) is 0 Å². The minimum Gasteiger partial charge on any atom is -0.262 e. The Labute approximate surface area is 123 Å². The minimum absolute atomic E-state index is 0.537. The van der Waals surface area contributed by atoms with Crippen LogP contribution in [0.2, 0.25) is 0 Å². The molecule has 0 atom stereocenters. The molecule has 0 spiro atoms. The molecule has 4 nitrogen and oxygen atoms in total. The van der Waals surface area contributed by atoms with E-state index < -0.39 is 0 Å². The van der Waals surface area contributed by atoms with Gasteiger partial charge in [-0.05, 0) is 24.3 Å². The molecule has 0 aliphatic heterocycles. The quantitative estimate of drug-likeness (QED) is 0.768. The Bertz CT molecular complexity index is 751. The molecule has 106 valence electrons. The number of benzene rings is 1. The van der Waals surface area contributed by atoms with Crippen LogP contribution in [0.5, 0.6) is 0 Å². The highest BCUT2D eigenvalue weighted by Gasteiger charge is 2.20. The van der Waals surface area contributed by atoms with Crippen LogP contribution in [0.1, 0.15) is 43.8 Å². The summed E-state index contributed by atoms with van der Waals surface area (Å²) in [5.74, 6) is 2.28. The SMILES string of the molecule is c1ccc2c(-c3n[nH]c(C4CCCCC4)n3)nccc2c1. The number of rotatable bonds is 2. The van der Waals surface area contributed by atoms with Gasteiger partial charge in [-0.25, -0.2) is 4.98 Å². The van der Waals surface area contributed by atoms with Gasteiger partial charge in [0.2, 0.25) is 0 Å². The summed E-state index contributed by atoms with van der Waals surface area (Å²) in [6, 6.07) is 10.3. The van der Waals surface area contributed by atoms with Crippen molar-refractivity contribution in [1.29, 1.82) is 0 Å². The second kappa shape index (κ2) is 5.28. The normalized spacial score (nSPS) is 16.4. The predicted octanol–water partition coefficient (Wildman–Crippen LogP) is 4.07. The molecule has 3 aromatic rings. The van der Waals surface area contributed by atoms with E-state index in [2.05, 4.69) is 27.3 Å². The van der Waals surface area contributed by atoms with Crippen molar-refractivity contribution in [3.05, 3.63) is 42.4 Å². The molecule has 4 heteroatoms. The molecular weight excluding hydrogens is 260 g/mol. The van der Waals surface area contributed by atoms with E-state index in [0.29, 0.717) is 11.7 Å². The summed E-state index contributed by atoms with van der Waals surface area (Å²) in [6.45, 7) is 0. The van der Waals surface area contributed by atoms with Crippen LogP contribution in [0.25, 0.3) is 22.3 Å². The van der Waals surface area contributed by atoms with Gasteiger partial charge in [0.1, 0.15) is 11.5 Å². The number of hydrogen-bond donors (Lipinski definition) is 1. The molecule has 0 bridgehead atoms. The van der Waals surface area contributed by atoms with E-state index in [1.807, 2.05) is 24.4 Å². The van der Waals surface area contributed by atoms with Gasteiger partial charge < -0.3 is 0 Å². The smallest absolute Gasteiger partial charge is 0.200 e. The average molecular weight is 278 g/mol. The second-order valence-corrected chi connectivity index (χ2v) is 5.76. The molecular formula is C17H18N4. The second-order valence-electron chi connectivity index (χ2n) is 5.76. The maximum Gasteiger partial charge on any atom is 0.200 e. The molecule has 1 aromatic carbocycles. The number of nitrogens with one attached hydrogen (secondary N) is 1. The van der Waals surface area contributed by atoms with Gasteiger partial charge in [0.05, 0.1) is 0 Å². The zero-order chi connectivity index (χ0) is 14.1. The predicted molar refractivity (Wildman–Crippen MR) is 82.9 cm³/mol. The summed E-state index contributed by atoms with van der Waals surface area (Å²) < 4.78 is 0. The van der Waals surface area contributed by atoms with Crippen LogP contribution in [-0.4, -0.2) is 20.2 Å². The molecule has 0 amide bonds. The summed E-state index contributed by atoms with van der Waals surface area (Å²) >= 11 is 0. The largest absolute Gasteiger partial charge is 0.262 e. The molecule has 0 radical (unpaired) electrons. The lowest BCUT2D eigenvalue weighted by Gasteiger charge is -2.18. The number of pyridine rings is 1. The highest BCUT2D eigenvalue weighted by atomic mass is 15.2. The third-order valence-electron chi connectivity index (χ3n) is 4.38. The fourth-order valence-corrected chi connectivity index (χ4v) is 3.24. The molecule has 1 saturated carbocycles. The van der Waals surface area contributed by atoms with E-state index in [4.69, 9.17) is 4.98 Å². The number of aromatic amines is 1. The van der Waals surface area contributed by atoms with Gasteiger partial charge >= 0.3 is 0 Å². The number of fused-ring (bicyclic) bond motifs is 1. The van der Waals surface area contributed by atoms with Crippen LogP contribution >= 0.6 is 0 Å². The van der Waals surface area contributed by atoms with Gasteiger partial charge in [-0.2, -0.15) is 5.10 Å². The van der Waals surface area contributed by atoms with Gasteiger partial charge in [-0.15, -0.1) is 0 Å². The first-order valence-electron chi connectivity index (χ1n) is 7.68. The summed E-state index contributed by atoms with van der Waals surface area (Å²) in [4.78, 5) is 9.22. The Morgan fingerprint density at radius 2 is 1.86 bits per heavy atom. The molecule has 2 heterocycles. The molecule has 2 aromatic heterocycles. The maximum atomic E-state index is 4.73. The van der Waals surface area contributed by atoms with Crippen LogP contribution < -0.4 is 0 Å². The molecule has 0 saturated heterocycles. The lowest BCUT2D eigenvalue weighted by molar-refractivity contribution is 0.429. The number of nitrogens with zero attached hydrogens (tertiary/aromatic N) is 3. The van der Waals surface area contributed by atoms with Crippen molar-refractivity contribution in [2.24, 2.45) is 0 Å². The summed E-state index contributed by atoms with van der Waals surface area (Å²) in [5.41, 5.74) is 0.867. The summed E-state index contributed by atoms with van der Waals surface area (Å²) in [6.07, 6.45) is 8.21. The van der Waals surface area contributed by atoms with Crippen LogP contribution in [-0.2, 0) is 0 Å². The third-order valence-corrected chi connectivity index (χ3v) is 4.38. The lowest BCUT2D eigenvalue weighted by Crippen LogP contribution is -2.06. The fourth-order valence-electron chi connectivity index (χ4n) is 3.24. The van der Waals surface area contributed by atoms with Crippen molar-refractivity contribution in [2.45, 2.75) is 38.0 Å². The molecule has 0 unspecified atom stereocenters.